The van der Waals surface area contributed by atoms with E-state index in [4.69, 9.17) is 0 Å². The van der Waals surface area contributed by atoms with Crippen LogP contribution in [0, 0.1) is 0 Å². The van der Waals surface area contributed by atoms with Gasteiger partial charge in [0.1, 0.15) is 0 Å². The molecule has 0 aromatic heterocycles. The van der Waals surface area contributed by atoms with Gasteiger partial charge in [0.15, 0.2) is 0 Å². The highest BCUT2D eigenvalue weighted by atomic mass is 14.1. The summed E-state index contributed by atoms with van der Waals surface area (Å²) in [5, 5.41) is 0. The molecule has 17 heavy (non-hydrogen) atoms. The smallest absolute Gasteiger partial charge is 0.0112 e. The zero-order valence-corrected chi connectivity index (χ0v) is 10.4. The van der Waals surface area contributed by atoms with E-state index in [1.165, 1.54) is 0 Å². The van der Waals surface area contributed by atoms with Gasteiger partial charge in [0.25, 0.3) is 0 Å². The Labute approximate surface area is 104 Å². The molecule has 0 amide bonds. The Morgan fingerprint density at radius 2 is 1.76 bits per heavy atom. The van der Waals surface area contributed by atoms with Gasteiger partial charge in [0.05, 0.1) is 0 Å². The van der Waals surface area contributed by atoms with Crippen LogP contribution in [0.2, 0.25) is 0 Å². The van der Waals surface area contributed by atoms with Gasteiger partial charge in [-0.3, -0.25) is 0 Å². The zero-order chi connectivity index (χ0) is 12.8. The lowest BCUT2D eigenvalue weighted by atomic mass is 9.95. The van der Waals surface area contributed by atoms with Crippen LogP contribution >= 0.6 is 0 Å². The molecule has 0 saturated heterocycles. The fourth-order valence-electron chi connectivity index (χ4n) is 1.54. The molecule has 1 aromatic rings. The Balaban J connectivity index is 3.09. The van der Waals surface area contributed by atoms with Crippen LogP contribution in [0.1, 0.15) is 18.1 Å². The summed E-state index contributed by atoms with van der Waals surface area (Å²) in [7, 11) is 0. The minimum atomic E-state index is 0.900. The molecule has 0 unspecified atom stereocenters. The third-order valence-corrected chi connectivity index (χ3v) is 2.62. The fourth-order valence-corrected chi connectivity index (χ4v) is 1.54. The Morgan fingerprint density at radius 3 is 2.35 bits per heavy atom. The molecule has 0 aliphatic heterocycles. The second-order valence-electron chi connectivity index (χ2n) is 3.89. The van der Waals surface area contributed by atoms with Crippen molar-refractivity contribution in [2.75, 3.05) is 0 Å². The van der Waals surface area contributed by atoms with Crippen molar-refractivity contribution in [1.29, 1.82) is 0 Å². The van der Waals surface area contributed by atoms with Gasteiger partial charge < -0.3 is 0 Å². The van der Waals surface area contributed by atoms with Crippen LogP contribution in [0.25, 0.3) is 11.6 Å². The van der Waals surface area contributed by atoms with E-state index in [1.807, 2.05) is 43.3 Å². The second-order valence-corrected chi connectivity index (χ2v) is 3.89. The summed E-state index contributed by atoms with van der Waals surface area (Å²) >= 11 is 0. The third-order valence-electron chi connectivity index (χ3n) is 2.62. The standard InChI is InChI=1S/C17H18/c1-6-13(3)12-14(4)15(5)17-11-9-8-10-16(17)7-2/h6-12H,1-2,4-5H2,3H3/b13-12-. The Bertz CT molecular complexity index is 499. The highest BCUT2D eigenvalue weighted by Gasteiger charge is 2.04. The molecule has 1 rings (SSSR count). The monoisotopic (exact) mass is 222 g/mol. The lowest BCUT2D eigenvalue weighted by molar-refractivity contribution is 1.49. The van der Waals surface area contributed by atoms with Gasteiger partial charge in [-0.25, -0.2) is 0 Å². The van der Waals surface area contributed by atoms with E-state index in [-0.39, 0.29) is 0 Å². The van der Waals surface area contributed by atoms with E-state index in [9.17, 15) is 0 Å². The Hall–Kier alpha value is -2.08. The average molecular weight is 222 g/mol. The maximum atomic E-state index is 4.09. The zero-order valence-electron chi connectivity index (χ0n) is 10.4. The first kappa shape index (κ1) is 13.0. The SMILES string of the molecule is C=C/C(C)=C\C(=C)C(=C)c1ccccc1C=C. The Morgan fingerprint density at radius 1 is 1.12 bits per heavy atom. The molecule has 0 N–H and O–H groups in total. The molecule has 0 spiro atoms. The van der Waals surface area contributed by atoms with Gasteiger partial charge in [-0.05, 0) is 29.2 Å². The molecule has 86 valence electrons. The van der Waals surface area contributed by atoms with Gasteiger partial charge >= 0.3 is 0 Å². The molecule has 0 bridgehead atoms. The normalized spacial score (nSPS) is 10.8. The van der Waals surface area contributed by atoms with Crippen molar-refractivity contribution in [1.82, 2.24) is 0 Å². The summed E-state index contributed by atoms with van der Waals surface area (Å²) in [5.74, 6) is 0. The average Bonchev–Trinajstić information content (AvgIpc) is 2.37. The first-order chi connectivity index (χ1) is 8.10. The molecule has 0 fully saturated rings. The van der Waals surface area contributed by atoms with Crippen LogP contribution in [-0.4, -0.2) is 0 Å². The van der Waals surface area contributed by atoms with Crippen LogP contribution in [-0.2, 0) is 0 Å². The van der Waals surface area contributed by atoms with Crippen molar-refractivity contribution in [3.63, 3.8) is 0 Å². The van der Waals surface area contributed by atoms with Crippen LogP contribution < -0.4 is 0 Å². The maximum Gasteiger partial charge on any atom is -0.0112 e. The molecule has 0 heteroatoms. The van der Waals surface area contributed by atoms with E-state index in [0.717, 1.165) is 27.8 Å². The second kappa shape index (κ2) is 5.86. The molecule has 0 radical (unpaired) electrons. The van der Waals surface area contributed by atoms with E-state index < -0.39 is 0 Å². The van der Waals surface area contributed by atoms with Gasteiger partial charge in [-0.1, -0.05) is 74.4 Å². The van der Waals surface area contributed by atoms with E-state index >= 15 is 0 Å². The summed E-state index contributed by atoms with van der Waals surface area (Å²) in [6.45, 7) is 17.7. The van der Waals surface area contributed by atoms with Gasteiger partial charge in [-0.15, -0.1) is 0 Å². The topological polar surface area (TPSA) is 0 Å². The molecule has 0 saturated carbocycles. The van der Waals surface area contributed by atoms with Crippen molar-refractivity contribution < 1.29 is 0 Å². The number of benzene rings is 1. The third kappa shape index (κ3) is 3.18. The van der Waals surface area contributed by atoms with Crippen LogP contribution in [0.4, 0.5) is 0 Å². The van der Waals surface area contributed by atoms with Crippen LogP contribution in [0.5, 0.6) is 0 Å². The first-order valence-electron chi connectivity index (χ1n) is 5.51. The predicted octanol–water partition coefficient (Wildman–Crippen LogP) is 5.03. The summed E-state index contributed by atoms with van der Waals surface area (Å²) < 4.78 is 0. The lowest BCUT2D eigenvalue weighted by Crippen LogP contribution is -1.89. The summed E-state index contributed by atoms with van der Waals surface area (Å²) in [6, 6.07) is 8.03. The van der Waals surface area contributed by atoms with Crippen molar-refractivity contribution in [2.45, 2.75) is 6.92 Å². The molecule has 0 aliphatic carbocycles. The van der Waals surface area contributed by atoms with Crippen molar-refractivity contribution >= 4 is 11.6 Å². The molecule has 1 aromatic carbocycles. The maximum absolute atomic E-state index is 4.09. The molecule has 0 atom stereocenters. The van der Waals surface area contributed by atoms with Gasteiger partial charge in [0, 0.05) is 0 Å². The van der Waals surface area contributed by atoms with Gasteiger partial charge in [0.2, 0.25) is 0 Å². The van der Waals surface area contributed by atoms with Crippen LogP contribution in [0.15, 0.2) is 73.9 Å². The summed E-state index contributed by atoms with van der Waals surface area (Å²) in [6.07, 6.45) is 5.62. The van der Waals surface area contributed by atoms with E-state index in [2.05, 4.69) is 26.3 Å². The number of allylic oxidation sites excluding steroid dienone is 5. The van der Waals surface area contributed by atoms with E-state index in [0.29, 0.717) is 0 Å². The molecule has 0 aliphatic rings. The highest BCUT2D eigenvalue weighted by molar-refractivity contribution is 5.84. The van der Waals surface area contributed by atoms with Crippen molar-refractivity contribution in [3.8, 4) is 0 Å². The number of hydrogen-bond donors (Lipinski definition) is 0. The summed E-state index contributed by atoms with van der Waals surface area (Å²) in [5.41, 5.74) is 5.04. The van der Waals surface area contributed by atoms with Crippen LogP contribution in [0.3, 0.4) is 0 Å². The van der Waals surface area contributed by atoms with E-state index in [1.54, 1.807) is 6.08 Å². The molecule has 0 heterocycles. The number of hydrogen-bond acceptors (Lipinski definition) is 0. The first-order valence-corrected chi connectivity index (χ1v) is 5.51. The van der Waals surface area contributed by atoms with Crippen molar-refractivity contribution in [3.05, 3.63) is 85.0 Å². The molecule has 0 nitrogen and oxygen atoms in total. The predicted molar refractivity (Wildman–Crippen MR) is 78.7 cm³/mol. The molecular formula is C17H18. The number of rotatable bonds is 5. The fraction of sp³-hybridized carbons (Fsp3) is 0.0588. The van der Waals surface area contributed by atoms with Crippen molar-refractivity contribution in [2.24, 2.45) is 0 Å². The minimum absolute atomic E-state index is 0.900. The highest BCUT2D eigenvalue weighted by Crippen LogP contribution is 2.25. The summed E-state index contributed by atoms with van der Waals surface area (Å²) in [4.78, 5) is 0. The molecular weight excluding hydrogens is 204 g/mol. The quantitative estimate of drug-likeness (QED) is 0.613. The minimum Gasteiger partial charge on any atom is -0.0988 e. The Kier molecular flexibility index (Phi) is 4.47. The van der Waals surface area contributed by atoms with Gasteiger partial charge in [-0.2, -0.15) is 0 Å². The lowest BCUT2D eigenvalue weighted by Gasteiger charge is -2.10. The largest absolute Gasteiger partial charge is 0.0988 e.